The first-order valence-electron chi connectivity index (χ1n) is 9.18. The summed E-state index contributed by atoms with van der Waals surface area (Å²) in [4.78, 5) is 27.7. The van der Waals surface area contributed by atoms with Gasteiger partial charge in [0.1, 0.15) is 11.4 Å². The molecule has 0 spiro atoms. The number of amides is 2. The van der Waals surface area contributed by atoms with Crippen molar-refractivity contribution < 1.29 is 14.3 Å². The lowest BCUT2D eigenvalue weighted by Gasteiger charge is -2.10. The van der Waals surface area contributed by atoms with Crippen molar-refractivity contribution in [3.8, 4) is 5.75 Å². The number of nitrogens with one attached hydrogen (secondary N) is 3. The smallest absolute Gasteiger partial charge is 0.274 e. The van der Waals surface area contributed by atoms with Crippen molar-refractivity contribution in [1.29, 1.82) is 0 Å². The SMILES string of the molecule is CCOc1ccc(NC(=O)c2cc(Nc3ccc(NC(C)=O)cc3)ccn2)cc1. The summed E-state index contributed by atoms with van der Waals surface area (Å²) in [6, 6.07) is 17.9. The third kappa shape index (κ3) is 5.80. The molecule has 3 rings (SSSR count). The van der Waals surface area contributed by atoms with E-state index in [-0.39, 0.29) is 11.8 Å². The second-order valence-corrected chi connectivity index (χ2v) is 6.22. The summed E-state index contributed by atoms with van der Waals surface area (Å²) in [5.41, 5.74) is 3.21. The maximum Gasteiger partial charge on any atom is 0.274 e. The van der Waals surface area contributed by atoms with Crippen molar-refractivity contribution in [2.75, 3.05) is 22.6 Å². The van der Waals surface area contributed by atoms with Crippen LogP contribution in [-0.2, 0) is 4.79 Å². The van der Waals surface area contributed by atoms with Crippen LogP contribution in [0.2, 0.25) is 0 Å². The molecule has 0 aliphatic heterocycles. The van der Waals surface area contributed by atoms with Crippen molar-refractivity contribution in [2.45, 2.75) is 13.8 Å². The Balaban J connectivity index is 1.65. The summed E-state index contributed by atoms with van der Waals surface area (Å²) >= 11 is 0. The van der Waals surface area contributed by atoms with Gasteiger partial charge in [0.05, 0.1) is 6.61 Å². The minimum Gasteiger partial charge on any atom is -0.494 e. The van der Waals surface area contributed by atoms with Crippen molar-refractivity contribution in [1.82, 2.24) is 4.98 Å². The Hall–Kier alpha value is -3.87. The third-order valence-corrected chi connectivity index (χ3v) is 3.91. The summed E-state index contributed by atoms with van der Waals surface area (Å²) in [7, 11) is 0. The van der Waals surface area contributed by atoms with Gasteiger partial charge in [-0.2, -0.15) is 0 Å². The maximum atomic E-state index is 12.5. The lowest BCUT2D eigenvalue weighted by atomic mass is 10.2. The van der Waals surface area contributed by atoms with E-state index < -0.39 is 0 Å². The van der Waals surface area contributed by atoms with Gasteiger partial charge in [0.15, 0.2) is 0 Å². The largest absolute Gasteiger partial charge is 0.494 e. The zero-order chi connectivity index (χ0) is 20.6. The molecule has 0 unspecified atom stereocenters. The van der Waals surface area contributed by atoms with Gasteiger partial charge in [-0.3, -0.25) is 14.6 Å². The van der Waals surface area contributed by atoms with Gasteiger partial charge in [-0.1, -0.05) is 0 Å². The Morgan fingerprint density at radius 3 is 2.14 bits per heavy atom. The van der Waals surface area contributed by atoms with E-state index in [0.717, 1.165) is 17.1 Å². The van der Waals surface area contributed by atoms with Crippen LogP contribution in [0.25, 0.3) is 0 Å². The highest BCUT2D eigenvalue weighted by molar-refractivity contribution is 6.03. The minimum absolute atomic E-state index is 0.122. The molecule has 1 heterocycles. The molecule has 1 aromatic heterocycles. The Morgan fingerprint density at radius 1 is 0.862 bits per heavy atom. The van der Waals surface area contributed by atoms with Gasteiger partial charge in [0, 0.05) is 35.9 Å². The first-order valence-corrected chi connectivity index (χ1v) is 9.18. The fourth-order valence-corrected chi connectivity index (χ4v) is 2.64. The van der Waals surface area contributed by atoms with E-state index >= 15 is 0 Å². The fraction of sp³-hybridized carbons (Fsp3) is 0.136. The lowest BCUT2D eigenvalue weighted by molar-refractivity contribution is -0.114. The summed E-state index contributed by atoms with van der Waals surface area (Å²) in [5.74, 6) is 0.321. The first kappa shape index (κ1) is 19.9. The van der Waals surface area contributed by atoms with E-state index in [0.29, 0.717) is 23.7 Å². The number of carbonyl (C=O) groups is 2. The predicted molar refractivity (Wildman–Crippen MR) is 114 cm³/mol. The molecule has 0 bridgehead atoms. The van der Waals surface area contributed by atoms with Crippen LogP contribution >= 0.6 is 0 Å². The number of benzene rings is 2. The van der Waals surface area contributed by atoms with Crippen molar-refractivity contribution >= 4 is 34.6 Å². The van der Waals surface area contributed by atoms with Gasteiger partial charge in [0.2, 0.25) is 5.91 Å². The Bertz CT molecular complexity index is 986. The number of ether oxygens (including phenoxy) is 1. The number of carbonyl (C=O) groups excluding carboxylic acids is 2. The molecule has 2 amide bonds. The number of aromatic nitrogens is 1. The van der Waals surface area contributed by atoms with E-state index in [1.165, 1.54) is 6.92 Å². The van der Waals surface area contributed by atoms with E-state index in [2.05, 4.69) is 20.9 Å². The fourth-order valence-electron chi connectivity index (χ4n) is 2.64. The molecule has 29 heavy (non-hydrogen) atoms. The van der Waals surface area contributed by atoms with E-state index in [1.807, 2.05) is 19.1 Å². The molecule has 0 aliphatic carbocycles. The Labute approximate surface area is 169 Å². The van der Waals surface area contributed by atoms with Gasteiger partial charge in [-0.15, -0.1) is 0 Å². The van der Waals surface area contributed by atoms with Crippen molar-refractivity contribution in [3.63, 3.8) is 0 Å². The normalized spacial score (nSPS) is 10.1. The molecule has 3 aromatic rings. The number of hydrogen-bond donors (Lipinski definition) is 3. The minimum atomic E-state index is -0.307. The van der Waals surface area contributed by atoms with Crippen LogP contribution in [0.3, 0.4) is 0 Å². The number of hydrogen-bond acceptors (Lipinski definition) is 5. The summed E-state index contributed by atoms with van der Waals surface area (Å²) < 4.78 is 5.40. The average molecular weight is 390 g/mol. The molecular formula is C22H22N4O3. The second-order valence-electron chi connectivity index (χ2n) is 6.22. The molecule has 7 nitrogen and oxygen atoms in total. The van der Waals surface area contributed by atoms with Crippen LogP contribution in [0.5, 0.6) is 5.75 Å². The molecule has 0 radical (unpaired) electrons. The number of rotatable bonds is 7. The standard InChI is InChI=1S/C22H22N4O3/c1-3-29-20-10-8-18(9-11-20)26-22(28)21-14-19(12-13-23-21)25-17-6-4-16(5-7-17)24-15(2)27/h4-14H,3H2,1-2H3,(H,23,25)(H,24,27)(H,26,28). The van der Waals surface area contributed by atoms with Crippen molar-refractivity contribution in [3.05, 3.63) is 72.6 Å². The third-order valence-electron chi connectivity index (χ3n) is 3.91. The summed E-state index contributed by atoms with van der Waals surface area (Å²) in [5, 5.41) is 8.75. The van der Waals surface area contributed by atoms with Gasteiger partial charge < -0.3 is 20.7 Å². The van der Waals surface area contributed by atoms with Crippen LogP contribution < -0.4 is 20.7 Å². The van der Waals surface area contributed by atoms with Crippen LogP contribution in [0.4, 0.5) is 22.7 Å². The van der Waals surface area contributed by atoms with Crippen LogP contribution in [0.1, 0.15) is 24.3 Å². The second kappa shape index (κ2) is 9.36. The van der Waals surface area contributed by atoms with E-state index in [4.69, 9.17) is 4.74 Å². The highest BCUT2D eigenvalue weighted by atomic mass is 16.5. The first-order chi connectivity index (χ1) is 14.0. The number of nitrogens with zero attached hydrogens (tertiary/aromatic N) is 1. The van der Waals surface area contributed by atoms with Crippen LogP contribution in [0.15, 0.2) is 66.9 Å². The number of pyridine rings is 1. The predicted octanol–water partition coefficient (Wildman–Crippen LogP) is 4.43. The van der Waals surface area contributed by atoms with Crippen LogP contribution in [0, 0.1) is 0 Å². The van der Waals surface area contributed by atoms with Gasteiger partial charge in [-0.25, -0.2) is 0 Å². The van der Waals surface area contributed by atoms with Gasteiger partial charge in [-0.05, 0) is 67.6 Å². The van der Waals surface area contributed by atoms with E-state index in [1.54, 1.807) is 54.7 Å². The van der Waals surface area contributed by atoms with Gasteiger partial charge in [0.25, 0.3) is 5.91 Å². The monoisotopic (exact) mass is 390 g/mol. The molecule has 0 atom stereocenters. The number of anilines is 4. The molecule has 2 aromatic carbocycles. The topological polar surface area (TPSA) is 92.4 Å². The zero-order valence-corrected chi connectivity index (χ0v) is 16.2. The molecule has 0 saturated heterocycles. The van der Waals surface area contributed by atoms with E-state index in [9.17, 15) is 9.59 Å². The molecule has 0 fully saturated rings. The molecule has 0 aliphatic rings. The average Bonchev–Trinajstić information content (AvgIpc) is 2.71. The highest BCUT2D eigenvalue weighted by Crippen LogP contribution is 2.20. The molecule has 0 saturated carbocycles. The summed E-state index contributed by atoms with van der Waals surface area (Å²) in [6.45, 7) is 3.97. The van der Waals surface area contributed by atoms with Gasteiger partial charge >= 0.3 is 0 Å². The zero-order valence-electron chi connectivity index (χ0n) is 16.2. The molecular weight excluding hydrogens is 368 g/mol. The Kier molecular flexibility index (Phi) is 6.42. The molecule has 7 heteroatoms. The van der Waals surface area contributed by atoms with Crippen molar-refractivity contribution in [2.24, 2.45) is 0 Å². The Morgan fingerprint density at radius 2 is 1.48 bits per heavy atom. The quantitative estimate of drug-likeness (QED) is 0.555. The highest BCUT2D eigenvalue weighted by Gasteiger charge is 2.09. The lowest BCUT2D eigenvalue weighted by Crippen LogP contribution is -2.13. The summed E-state index contributed by atoms with van der Waals surface area (Å²) in [6.07, 6.45) is 1.57. The maximum absolute atomic E-state index is 12.5. The van der Waals surface area contributed by atoms with Crippen LogP contribution in [-0.4, -0.2) is 23.4 Å². The molecule has 148 valence electrons. The molecule has 3 N–H and O–H groups in total.